The van der Waals surface area contributed by atoms with Crippen molar-refractivity contribution in [3.63, 3.8) is 0 Å². The molecule has 0 aliphatic carbocycles. The van der Waals surface area contributed by atoms with Crippen molar-refractivity contribution in [2.75, 3.05) is 16.4 Å². The molecule has 7 heteroatoms. The summed E-state index contributed by atoms with van der Waals surface area (Å²) < 4.78 is 37.9. The lowest BCUT2D eigenvalue weighted by atomic mass is 10.2. The zero-order chi connectivity index (χ0) is 12.2. The molecule has 0 aliphatic rings. The minimum absolute atomic E-state index is 0.0763. The molecule has 1 rings (SSSR count). The number of anilines is 1. The number of benzene rings is 1. The van der Waals surface area contributed by atoms with E-state index < -0.39 is 15.8 Å². The first-order chi connectivity index (χ1) is 7.50. The lowest BCUT2D eigenvalue weighted by Gasteiger charge is -2.08. The SMILES string of the molecule is N#Cc1c(F)cccc1NS(=O)(=O)CCCl. The van der Waals surface area contributed by atoms with Gasteiger partial charge in [-0.3, -0.25) is 4.72 Å². The van der Waals surface area contributed by atoms with Crippen LogP contribution in [0.4, 0.5) is 10.1 Å². The lowest BCUT2D eigenvalue weighted by molar-refractivity contribution is 0.602. The largest absolute Gasteiger partial charge is 0.282 e. The summed E-state index contributed by atoms with van der Waals surface area (Å²) in [5.74, 6) is -1.14. The van der Waals surface area contributed by atoms with Gasteiger partial charge in [0.2, 0.25) is 10.0 Å². The van der Waals surface area contributed by atoms with Crippen LogP contribution in [0, 0.1) is 17.1 Å². The van der Waals surface area contributed by atoms with Gasteiger partial charge in [-0.1, -0.05) is 6.07 Å². The second-order valence-corrected chi connectivity index (χ2v) is 5.10. The molecule has 0 heterocycles. The Labute approximate surface area is 97.7 Å². The topological polar surface area (TPSA) is 70.0 Å². The number of sulfonamides is 1. The van der Waals surface area contributed by atoms with Crippen molar-refractivity contribution in [1.82, 2.24) is 0 Å². The first kappa shape index (κ1) is 12.7. The van der Waals surface area contributed by atoms with Crippen LogP contribution in [0.1, 0.15) is 5.56 Å². The highest BCUT2D eigenvalue weighted by atomic mass is 35.5. The molecule has 1 aromatic carbocycles. The molecule has 0 saturated carbocycles. The average Bonchev–Trinajstić information content (AvgIpc) is 2.17. The van der Waals surface area contributed by atoms with Crippen LogP contribution < -0.4 is 4.72 Å². The molecule has 0 bridgehead atoms. The predicted molar refractivity (Wildman–Crippen MR) is 59.2 cm³/mol. The molecule has 0 aliphatic heterocycles. The molecule has 86 valence electrons. The van der Waals surface area contributed by atoms with Gasteiger partial charge in [-0.05, 0) is 12.1 Å². The van der Waals surface area contributed by atoms with Gasteiger partial charge in [0.25, 0.3) is 0 Å². The van der Waals surface area contributed by atoms with E-state index in [1.165, 1.54) is 12.1 Å². The molecule has 0 amide bonds. The van der Waals surface area contributed by atoms with Crippen molar-refractivity contribution in [2.24, 2.45) is 0 Å². The van der Waals surface area contributed by atoms with Crippen LogP contribution in [0.5, 0.6) is 0 Å². The Bertz CT molecular complexity index is 525. The lowest BCUT2D eigenvalue weighted by Crippen LogP contribution is -2.18. The second kappa shape index (κ2) is 5.14. The maximum atomic E-state index is 13.1. The average molecular weight is 263 g/mol. The third kappa shape index (κ3) is 3.08. The van der Waals surface area contributed by atoms with Crippen molar-refractivity contribution >= 4 is 27.3 Å². The van der Waals surface area contributed by atoms with Crippen LogP contribution in [0.25, 0.3) is 0 Å². The normalized spacial score (nSPS) is 10.8. The molecule has 0 aromatic heterocycles. The molecular formula is C9H8ClFN2O2S. The predicted octanol–water partition coefficient (Wildman–Crippen LogP) is 1.68. The van der Waals surface area contributed by atoms with Crippen molar-refractivity contribution in [3.05, 3.63) is 29.6 Å². The van der Waals surface area contributed by atoms with Crippen molar-refractivity contribution in [1.29, 1.82) is 5.26 Å². The third-order valence-electron chi connectivity index (χ3n) is 1.74. The van der Waals surface area contributed by atoms with Crippen LogP contribution in [0.15, 0.2) is 18.2 Å². The fraction of sp³-hybridized carbons (Fsp3) is 0.222. The molecule has 0 unspecified atom stereocenters. The minimum Gasteiger partial charge on any atom is -0.282 e. The first-order valence-electron chi connectivity index (χ1n) is 4.25. The van der Waals surface area contributed by atoms with Crippen LogP contribution in [-0.4, -0.2) is 20.1 Å². The molecule has 1 aromatic rings. The van der Waals surface area contributed by atoms with Gasteiger partial charge < -0.3 is 0 Å². The number of nitriles is 1. The Balaban J connectivity index is 3.08. The number of hydrogen-bond donors (Lipinski definition) is 1. The Kier molecular flexibility index (Phi) is 4.10. The van der Waals surface area contributed by atoms with E-state index in [1.54, 1.807) is 6.07 Å². The van der Waals surface area contributed by atoms with Crippen molar-refractivity contribution in [2.45, 2.75) is 0 Å². The molecule has 4 nitrogen and oxygen atoms in total. The zero-order valence-electron chi connectivity index (χ0n) is 8.07. The Morgan fingerprint density at radius 2 is 2.19 bits per heavy atom. The number of hydrogen-bond acceptors (Lipinski definition) is 3. The van der Waals surface area contributed by atoms with Crippen LogP contribution in [0.3, 0.4) is 0 Å². The molecule has 0 radical (unpaired) electrons. The second-order valence-electron chi connectivity index (χ2n) is 2.88. The maximum absolute atomic E-state index is 13.1. The van der Waals surface area contributed by atoms with E-state index in [4.69, 9.17) is 16.9 Å². The molecule has 0 saturated heterocycles. The third-order valence-corrected chi connectivity index (χ3v) is 3.42. The van der Waals surface area contributed by atoms with Gasteiger partial charge in [0, 0.05) is 5.88 Å². The van der Waals surface area contributed by atoms with Gasteiger partial charge in [-0.2, -0.15) is 5.26 Å². The number of rotatable bonds is 4. The summed E-state index contributed by atoms with van der Waals surface area (Å²) in [6.07, 6.45) is 0. The Hall–Kier alpha value is -1.32. The van der Waals surface area contributed by atoms with E-state index in [0.717, 1.165) is 6.07 Å². The Morgan fingerprint density at radius 1 is 1.50 bits per heavy atom. The molecule has 0 spiro atoms. The quantitative estimate of drug-likeness (QED) is 0.840. The number of nitrogens with zero attached hydrogens (tertiary/aromatic N) is 1. The monoisotopic (exact) mass is 262 g/mol. The summed E-state index contributed by atoms with van der Waals surface area (Å²) in [7, 11) is -3.63. The van der Waals surface area contributed by atoms with E-state index in [9.17, 15) is 12.8 Å². The van der Waals surface area contributed by atoms with Crippen LogP contribution in [0.2, 0.25) is 0 Å². The number of alkyl halides is 1. The summed E-state index contributed by atoms with van der Waals surface area (Å²) in [6, 6.07) is 5.30. The minimum atomic E-state index is -3.63. The van der Waals surface area contributed by atoms with Gasteiger partial charge in [0.05, 0.1) is 11.4 Å². The fourth-order valence-electron chi connectivity index (χ4n) is 1.04. The van der Waals surface area contributed by atoms with E-state index in [0.29, 0.717) is 0 Å². The number of halogens is 2. The highest BCUT2D eigenvalue weighted by molar-refractivity contribution is 7.92. The van der Waals surface area contributed by atoms with Gasteiger partial charge in [-0.25, -0.2) is 12.8 Å². The molecule has 0 atom stereocenters. The zero-order valence-corrected chi connectivity index (χ0v) is 9.65. The summed E-state index contributed by atoms with van der Waals surface area (Å²) in [5.41, 5.74) is -0.409. The molecule has 1 N–H and O–H groups in total. The number of nitrogens with one attached hydrogen (secondary N) is 1. The van der Waals surface area contributed by atoms with Crippen molar-refractivity contribution < 1.29 is 12.8 Å². The smallest absolute Gasteiger partial charge is 0.233 e. The van der Waals surface area contributed by atoms with Gasteiger partial charge in [0.15, 0.2) is 0 Å². The molecule has 16 heavy (non-hydrogen) atoms. The maximum Gasteiger partial charge on any atom is 0.233 e. The van der Waals surface area contributed by atoms with E-state index in [2.05, 4.69) is 4.72 Å². The molecule has 0 fully saturated rings. The van der Waals surface area contributed by atoms with E-state index in [1.807, 2.05) is 0 Å². The standard InChI is InChI=1S/C9H8ClFN2O2S/c10-4-5-16(14,15)13-9-3-1-2-8(11)7(9)6-12/h1-3,13H,4-5H2. The van der Waals surface area contributed by atoms with E-state index in [-0.39, 0.29) is 22.9 Å². The van der Waals surface area contributed by atoms with Gasteiger partial charge in [0.1, 0.15) is 17.4 Å². The molecular weight excluding hydrogens is 255 g/mol. The summed E-state index contributed by atoms with van der Waals surface area (Å²) in [4.78, 5) is 0. The van der Waals surface area contributed by atoms with Crippen LogP contribution >= 0.6 is 11.6 Å². The highest BCUT2D eigenvalue weighted by Crippen LogP contribution is 2.19. The van der Waals surface area contributed by atoms with Crippen molar-refractivity contribution in [3.8, 4) is 6.07 Å². The summed E-state index contributed by atoms with van der Waals surface area (Å²) in [5, 5.41) is 8.68. The van der Waals surface area contributed by atoms with Gasteiger partial charge in [-0.15, -0.1) is 11.6 Å². The van der Waals surface area contributed by atoms with Gasteiger partial charge >= 0.3 is 0 Å². The Morgan fingerprint density at radius 3 is 2.75 bits per heavy atom. The first-order valence-corrected chi connectivity index (χ1v) is 6.44. The van der Waals surface area contributed by atoms with Crippen LogP contribution in [-0.2, 0) is 10.0 Å². The van der Waals surface area contributed by atoms with E-state index >= 15 is 0 Å². The fourth-order valence-corrected chi connectivity index (χ4v) is 2.46. The summed E-state index contributed by atoms with van der Waals surface area (Å²) >= 11 is 5.30. The highest BCUT2D eigenvalue weighted by Gasteiger charge is 2.14. The summed E-state index contributed by atoms with van der Waals surface area (Å²) in [6.45, 7) is 0.